The van der Waals surface area contributed by atoms with Crippen LogP contribution in [0.3, 0.4) is 0 Å². The number of hydrogen-bond acceptors (Lipinski definition) is 3. The molecule has 0 saturated heterocycles. The lowest BCUT2D eigenvalue weighted by Crippen LogP contribution is -2.32. The minimum atomic E-state index is 0.0960. The predicted molar refractivity (Wildman–Crippen MR) is 95.2 cm³/mol. The van der Waals surface area contributed by atoms with Crippen molar-refractivity contribution in [2.24, 2.45) is 0 Å². The van der Waals surface area contributed by atoms with E-state index in [1.165, 1.54) is 22.4 Å². The van der Waals surface area contributed by atoms with Gasteiger partial charge in [0.1, 0.15) is 0 Å². The van der Waals surface area contributed by atoms with Crippen LogP contribution in [0.5, 0.6) is 0 Å². The number of aromatic nitrogens is 2. The molecule has 0 fully saturated rings. The van der Waals surface area contributed by atoms with Crippen LogP contribution in [-0.2, 0) is 11.2 Å². The van der Waals surface area contributed by atoms with E-state index in [2.05, 4.69) is 42.5 Å². The van der Waals surface area contributed by atoms with Crippen LogP contribution in [0.1, 0.15) is 41.3 Å². The first-order valence-corrected chi connectivity index (χ1v) is 9.42. The number of carbonyl (C=O) groups is 1. The first-order valence-electron chi connectivity index (χ1n) is 8.03. The zero-order chi connectivity index (χ0) is 16.4. The van der Waals surface area contributed by atoms with Gasteiger partial charge in [-0.05, 0) is 62.6 Å². The average molecular weight is 329 g/mol. The summed E-state index contributed by atoms with van der Waals surface area (Å²) in [7, 11) is 0. The summed E-state index contributed by atoms with van der Waals surface area (Å²) in [6.45, 7) is 4.25. The third kappa shape index (κ3) is 3.29. The van der Waals surface area contributed by atoms with E-state index >= 15 is 0 Å². The Kier molecular flexibility index (Phi) is 4.76. The van der Waals surface area contributed by atoms with Gasteiger partial charge in [-0.25, -0.2) is 4.68 Å². The van der Waals surface area contributed by atoms with Crippen LogP contribution < -0.4 is 5.32 Å². The summed E-state index contributed by atoms with van der Waals surface area (Å²) >= 11 is 1.55. The molecule has 122 valence electrons. The minimum Gasteiger partial charge on any atom is -0.348 e. The lowest BCUT2D eigenvalue weighted by atomic mass is 9.93. The Bertz CT molecular complexity index is 723. The van der Waals surface area contributed by atoms with Crippen LogP contribution in [0.4, 0.5) is 0 Å². The van der Waals surface area contributed by atoms with E-state index in [4.69, 9.17) is 0 Å². The summed E-state index contributed by atoms with van der Waals surface area (Å²) in [6.07, 6.45) is 6.95. The van der Waals surface area contributed by atoms with Crippen molar-refractivity contribution in [3.05, 3.63) is 46.8 Å². The van der Waals surface area contributed by atoms with Gasteiger partial charge in [-0.3, -0.25) is 4.79 Å². The number of hydrogen-bond donors (Lipinski definition) is 1. The van der Waals surface area contributed by atoms with E-state index < -0.39 is 0 Å². The SMILES string of the molecule is CSCC(=O)N[C@H]1CCCc2c1cnn2-c1ccc(C)c(C)c1. The Hall–Kier alpha value is -1.75. The van der Waals surface area contributed by atoms with Crippen molar-refractivity contribution in [3.8, 4) is 5.69 Å². The van der Waals surface area contributed by atoms with Gasteiger partial charge in [-0.2, -0.15) is 16.9 Å². The maximum absolute atomic E-state index is 11.9. The lowest BCUT2D eigenvalue weighted by molar-refractivity contribution is -0.119. The fourth-order valence-corrected chi connectivity index (χ4v) is 3.50. The molecular formula is C18H23N3OS. The van der Waals surface area contributed by atoms with Gasteiger partial charge in [0.15, 0.2) is 0 Å². The summed E-state index contributed by atoms with van der Waals surface area (Å²) in [5.74, 6) is 0.617. The molecule has 0 spiro atoms. The molecule has 1 atom stereocenters. The normalized spacial score (nSPS) is 16.9. The van der Waals surface area contributed by atoms with Crippen molar-refractivity contribution in [2.45, 2.75) is 39.2 Å². The first-order chi connectivity index (χ1) is 11.1. The Morgan fingerprint density at radius 3 is 2.96 bits per heavy atom. The van der Waals surface area contributed by atoms with Crippen molar-refractivity contribution < 1.29 is 4.79 Å². The van der Waals surface area contributed by atoms with Gasteiger partial charge in [-0.1, -0.05) is 6.07 Å². The number of benzene rings is 1. The zero-order valence-corrected chi connectivity index (χ0v) is 14.7. The summed E-state index contributed by atoms with van der Waals surface area (Å²) in [4.78, 5) is 11.9. The highest BCUT2D eigenvalue weighted by atomic mass is 32.2. The number of rotatable bonds is 4. The maximum atomic E-state index is 11.9. The molecule has 23 heavy (non-hydrogen) atoms. The number of amides is 1. The molecule has 1 amide bonds. The monoisotopic (exact) mass is 329 g/mol. The van der Waals surface area contributed by atoms with Crippen LogP contribution >= 0.6 is 11.8 Å². The van der Waals surface area contributed by atoms with E-state index in [1.807, 2.05) is 17.1 Å². The molecule has 1 aromatic carbocycles. The van der Waals surface area contributed by atoms with Crippen LogP contribution in [0.2, 0.25) is 0 Å². The highest BCUT2D eigenvalue weighted by Gasteiger charge is 2.25. The summed E-state index contributed by atoms with van der Waals surface area (Å²) in [5.41, 5.74) is 6.06. The van der Waals surface area contributed by atoms with Crippen LogP contribution in [0, 0.1) is 13.8 Å². The molecule has 0 unspecified atom stereocenters. The van der Waals surface area contributed by atoms with Gasteiger partial charge in [0.2, 0.25) is 5.91 Å². The molecule has 5 heteroatoms. The van der Waals surface area contributed by atoms with E-state index in [1.54, 1.807) is 11.8 Å². The third-order valence-electron chi connectivity index (χ3n) is 4.53. The highest BCUT2D eigenvalue weighted by Crippen LogP contribution is 2.31. The maximum Gasteiger partial charge on any atom is 0.230 e. The topological polar surface area (TPSA) is 46.9 Å². The van der Waals surface area contributed by atoms with Gasteiger partial charge in [0, 0.05) is 11.3 Å². The average Bonchev–Trinajstić information content (AvgIpc) is 2.95. The first kappa shape index (κ1) is 16.1. The smallest absolute Gasteiger partial charge is 0.230 e. The molecule has 0 aliphatic heterocycles. The molecule has 3 rings (SSSR count). The number of fused-ring (bicyclic) bond motifs is 1. The summed E-state index contributed by atoms with van der Waals surface area (Å²) < 4.78 is 2.04. The summed E-state index contributed by atoms with van der Waals surface area (Å²) in [6, 6.07) is 6.53. The molecule has 1 aromatic heterocycles. The van der Waals surface area contributed by atoms with Crippen molar-refractivity contribution in [1.29, 1.82) is 0 Å². The number of thioether (sulfide) groups is 1. The molecule has 2 aromatic rings. The Morgan fingerprint density at radius 2 is 2.22 bits per heavy atom. The van der Waals surface area contributed by atoms with Crippen molar-refractivity contribution in [2.75, 3.05) is 12.0 Å². The second kappa shape index (κ2) is 6.79. The van der Waals surface area contributed by atoms with Gasteiger partial charge in [0.05, 0.1) is 23.7 Å². The molecule has 1 aliphatic rings. The summed E-state index contributed by atoms with van der Waals surface area (Å²) in [5, 5.41) is 7.75. The third-order valence-corrected chi connectivity index (χ3v) is 5.08. The van der Waals surface area contributed by atoms with E-state index in [0.29, 0.717) is 5.75 Å². The lowest BCUT2D eigenvalue weighted by Gasteiger charge is -2.24. The molecule has 1 heterocycles. The minimum absolute atomic E-state index is 0.0960. The van der Waals surface area contributed by atoms with Gasteiger partial charge >= 0.3 is 0 Å². The molecule has 0 bridgehead atoms. The van der Waals surface area contributed by atoms with E-state index in [9.17, 15) is 4.79 Å². The van der Waals surface area contributed by atoms with Gasteiger partial charge in [0.25, 0.3) is 0 Å². The van der Waals surface area contributed by atoms with Crippen LogP contribution in [0.25, 0.3) is 5.69 Å². The molecule has 1 aliphatic carbocycles. The van der Waals surface area contributed by atoms with Crippen LogP contribution in [0.15, 0.2) is 24.4 Å². The molecule has 4 nitrogen and oxygen atoms in total. The fourth-order valence-electron chi connectivity index (χ4n) is 3.15. The number of nitrogens with one attached hydrogen (secondary N) is 1. The Morgan fingerprint density at radius 1 is 1.39 bits per heavy atom. The van der Waals surface area contributed by atoms with E-state index in [0.717, 1.165) is 24.9 Å². The van der Waals surface area contributed by atoms with Crippen molar-refractivity contribution in [3.63, 3.8) is 0 Å². The second-order valence-electron chi connectivity index (χ2n) is 6.17. The fraction of sp³-hybridized carbons (Fsp3) is 0.444. The quantitative estimate of drug-likeness (QED) is 0.936. The Balaban J connectivity index is 1.90. The van der Waals surface area contributed by atoms with Crippen molar-refractivity contribution in [1.82, 2.24) is 15.1 Å². The largest absolute Gasteiger partial charge is 0.348 e. The van der Waals surface area contributed by atoms with Crippen LogP contribution in [-0.4, -0.2) is 27.7 Å². The second-order valence-corrected chi connectivity index (χ2v) is 7.04. The van der Waals surface area contributed by atoms with Gasteiger partial charge in [-0.15, -0.1) is 0 Å². The Labute approximate surface area is 141 Å². The molecule has 0 radical (unpaired) electrons. The van der Waals surface area contributed by atoms with Crippen molar-refractivity contribution >= 4 is 17.7 Å². The highest BCUT2D eigenvalue weighted by molar-refractivity contribution is 7.99. The molecular weight excluding hydrogens is 306 g/mol. The van der Waals surface area contributed by atoms with Gasteiger partial charge < -0.3 is 5.32 Å². The predicted octanol–water partition coefficient (Wildman–Crippen LogP) is 3.35. The number of aryl methyl sites for hydroxylation is 2. The number of carbonyl (C=O) groups excluding carboxylic acids is 1. The molecule has 1 N–H and O–H groups in total. The molecule has 0 saturated carbocycles. The van der Waals surface area contributed by atoms with E-state index in [-0.39, 0.29) is 11.9 Å². The standard InChI is InChI=1S/C18H23N3OS/c1-12-7-8-14(9-13(12)2)21-17-6-4-5-16(15(17)10-19-21)20-18(22)11-23-3/h7-10,16H,4-6,11H2,1-3H3,(H,20,22)/t16-/m0/s1. The zero-order valence-electron chi connectivity index (χ0n) is 13.9. The number of nitrogens with zero attached hydrogens (tertiary/aromatic N) is 2.